The Morgan fingerprint density at radius 3 is 2.55 bits per heavy atom. The predicted octanol–water partition coefficient (Wildman–Crippen LogP) is 2.27. The van der Waals surface area contributed by atoms with E-state index < -0.39 is 11.9 Å². The van der Waals surface area contributed by atoms with Gasteiger partial charge in [-0.15, -0.1) is 5.10 Å². The molecule has 2 aromatic heterocycles. The molecule has 2 heterocycles. The molecule has 104 valence electrons. The molecule has 0 aliphatic heterocycles. The molecule has 0 atom stereocenters. The molecular formula is C11H8F3N5S. The molecule has 0 spiro atoms. The summed E-state index contributed by atoms with van der Waals surface area (Å²) in [4.78, 5) is 3.42. The highest BCUT2D eigenvalue weighted by Gasteiger charge is 2.32. The van der Waals surface area contributed by atoms with Crippen molar-refractivity contribution in [3.63, 3.8) is 0 Å². The molecule has 2 rings (SSSR count). The summed E-state index contributed by atoms with van der Waals surface area (Å²) in [5.41, 5.74) is 5.29. The van der Waals surface area contributed by atoms with Gasteiger partial charge in [0.05, 0.1) is 23.6 Å². The van der Waals surface area contributed by atoms with Crippen LogP contribution in [0.4, 0.5) is 24.7 Å². The van der Waals surface area contributed by atoms with Crippen molar-refractivity contribution in [2.24, 2.45) is 5.73 Å². The lowest BCUT2D eigenvalue weighted by Gasteiger charge is -2.10. The van der Waals surface area contributed by atoms with Crippen LogP contribution in [0, 0.1) is 0 Å². The second-order valence-corrected chi connectivity index (χ2v) is 4.15. The average Bonchev–Trinajstić information content (AvgIpc) is 2.38. The van der Waals surface area contributed by atoms with Crippen LogP contribution in [0.2, 0.25) is 0 Å². The van der Waals surface area contributed by atoms with Gasteiger partial charge in [-0.1, -0.05) is 12.2 Å². The number of pyridine rings is 1. The molecule has 3 N–H and O–H groups in total. The van der Waals surface area contributed by atoms with Crippen molar-refractivity contribution in [1.29, 1.82) is 0 Å². The summed E-state index contributed by atoms with van der Waals surface area (Å²) in [7, 11) is 0. The van der Waals surface area contributed by atoms with E-state index >= 15 is 0 Å². The van der Waals surface area contributed by atoms with Gasteiger partial charge in [0, 0.05) is 0 Å². The third-order valence-electron chi connectivity index (χ3n) is 2.30. The number of hydrogen-bond donors (Lipinski definition) is 2. The van der Waals surface area contributed by atoms with Crippen LogP contribution in [0.3, 0.4) is 0 Å². The van der Waals surface area contributed by atoms with E-state index in [9.17, 15) is 13.2 Å². The molecule has 0 amide bonds. The molecule has 0 fully saturated rings. The zero-order chi connectivity index (χ0) is 14.8. The smallest absolute Gasteiger partial charge is 0.389 e. The molecule has 0 aromatic carbocycles. The predicted molar refractivity (Wildman–Crippen MR) is 70.4 cm³/mol. The zero-order valence-electron chi connectivity index (χ0n) is 9.85. The topological polar surface area (TPSA) is 76.7 Å². The van der Waals surface area contributed by atoms with Crippen molar-refractivity contribution in [3.8, 4) is 0 Å². The van der Waals surface area contributed by atoms with Crippen LogP contribution in [-0.2, 0) is 6.18 Å². The highest BCUT2D eigenvalue weighted by molar-refractivity contribution is 7.80. The van der Waals surface area contributed by atoms with Gasteiger partial charge < -0.3 is 11.1 Å². The fourth-order valence-corrected chi connectivity index (χ4v) is 1.56. The van der Waals surface area contributed by atoms with E-state index in [-0.39, 0.29) is 10.8 Å². The Kier molecular flexibility index (Phi) is 3.79. The van der Waals surface area contributed by atoms with Crippen molar-refractivity contribution in [3.05, 3.63) is 41.9 Å². The number of hydrogen-bond acceptors (Lipinski definition) is 5. The third-order valence-corrected chi connectivity index (χ3v) is 2.52. The van der Waals surface area contributed by atoms with Gasteiger partial charge in [0.2, 0.25) is 0 Å². The number of thiocarbonyl (C=S) groups is 1. The highest BCUT2D eigenvalue weighted by atomic mass is 32.1. The first-order chi connectivity index (χ1) is 9.38. The molecule has 2 aromatic rings. The van der Waals surface area contributed by atoms with Crippen molar-refractivity contribution < 1.29 is 13.2 Å². The molecule has 0 bridgehead atoms. The maximum absolute atomic E-state index is 12.4. The van der Waals surface area contributed by atoms with E-state index in [1.165, 1.54) is 12.3 Å². The maximum atomic E-state index is 12.4. The minimum atomic E-state index is -4.48. The van der Waals surface area contributed by atoms with E-state index in [0.29, 0.717) is 11.3 Å². The molecule has 5 nitrogen and oxygen atoms in total. The first kappa shape index (κ1) is 14.1. The van der Waals surface area contributed by atoms with Gasteiger partial charge in [-0.2, -0.15) is 18.3 Å². The minimum absolute atomic E-state index is 0.0993. The number of anilines is 2. The van der Waals surface area contributed by atoms with Gasteiger partial charge >= 0.3 is 6.18 Å². The van der Waals surface area contributed by atoms with Crippen LogP contribution in [0.1, 0.15) is 11.3 Å². The van der Waals surface area contributed by atoms with Crippen molar-refractivity contribution in [2.45, 2.75) is 6.18 Å². The fraction of sp³-hybridized carbons (Fsp3) is 0.0909. The summed E-state index contributed by atoms with van der Waals surface area (Å²) in [5.74, 6) is 0.251. The van der Waals surface area contributed by atoms with Gasteiger partial charge in [-0.3, -0.25) is 0 Å². The summed E-state index contributed by atoms with van der Waals surface area (Å²) in [6.07, 6.45) is -2.03. The summed E-state index contributed by atoms with van der Waals surface area (Å²) < 4.78 is 37.1. The summed E-state index contributed by atoms with van der Waals surface area (Å²) in [5, 5.41) is 10.2. The number of nitrogens with one attached hydrogen (secondary N) is 1. The van der Waals surface area contributed by atoms with Crippen molar-refractivity contribution in [1.82, 2.24) is 15.2 Å². The van der Waals surface area contributed by atoms with Gasteiger partial charge in [-0.25, -0.2) is 4.98 Å². The molecule has 0 radical (unpaired) electrons. The highest BCUT2D eigenvalue weighted by Crippen LogP contribution is 2.28. The van der Waals surface area contributed by atoms with Crippen LogP contribution in [0.5, 0.6) is 0 Å². The molecule has 0 saturated carbocycles. The van der Waals surface area contributed by atoms with Crippen LogP contribution in [0.15, 0.2) is 30.6 Å². The summed E-state index contributed by atoms with van der Waals surface area (Å²) >= 11 is 4.84. The Bertz CT molecular complexity index is 627. The Morgan fingerprint density at radius 1 is 1.25 bits per heavy atom. The molecule has 9 heteroatoms. The average molecular weight is 299 g/mol. The number of nitrogens with zero attached hydrogens (tertiary/aromatic N) is 3. The van der Waals surface area contributed by atoms with Crippen molar-refractivity contribution in [2.75, 3.05) is 5.32 Å². The second kappa shape index (κ2) is 5.37. The summed E-state index contributed by atoms with van der Waals surface area (Å²) in [6, 6.07) is 3.64. The lowest BCUT2D eigenvalue weighted by molar-refractivity contribution is -0.141. The van der Waals surface area contributed by atoms with Crippen LogP contribution in [-0.4, -0.2) is 20.2 Å². The Labute approximate surface area is 117 Å². The molecule has 0 saturated heterocycles. The zero-order valence-corrected chi connectivity index (χ0v) is 10.7. The van der Waals surface area contributed by atoms with E-state index in [2.05, 4.69) is 20.5 Å². The van der Waals surface area contributed by atoms with Gasteiger partial charge in [0.1, 0.15) is 10.7 Å². The fourth-order valence-electron chi connectivity index (χ4n) is 1.40. The van der Waals surface area contributed by atoms with Gasteiger partial charge in [0.15, 0.2) is 5.82 Å². The first-order valence-electron chi connectivity index (χ1n) is 5.29. The lowest BCUT2D eigenvalue weighted by atomic mass is 10.2. The number of aromatic nitrogens is 3. The standard InChI is InChI=1S/C11H8F3N5S/c12-11(13,14)8-2-1-6(5-16-8)18-10-7(9(15)20)3-4-17-19-10/h1-5H,(H2,15,20)(H,18,19). The maximum Gasteiger partial charge on any atom is 0.433 e. The van der Waals surface area contributed by atoms with E-state index in [4.69, 9.17) is 18.0 Å². The minimum Gasteiger partial charge on any atom is -0.389 e. The Morgan fingerprint density at radius 2 is 2.00 bits per heavy atom. The monoisotopic (exact) mass is 299 g/mol. The molecule has 0 aliphatic rings. The molecule has 20 heavy (non-hydrogen) atoms. The van der Waals surface area contributed by atoms with Crippen LogP contribution in [0.25, 0.3) is 0 Å². The Balaban J connectivity index is 2.25. The van der Waals surface area contributed by atoms with E-state index in [0.717, 1.165) is 12.3 Å². The molecule has 0 unspecified atom stereocenters. The quantitative estimate of drug-likeness (QED) is 0.847. The van der Waals surface area contributed by atoms with Crippen LogP contribution < -0.4 is 11.1 Å². The number of halogens is 3. The second-order valence-electron chi connectivity index (χ2n) is 3.71. The lowest BCUT2D eigenvalue weighted by Crippen LogP contribution is -2.13. The SMILES string of the molecule is NC(=S)c1ccnnc1Nc1ccc(C(F)(F)F)nc1. The normalized spacial score (nSPS) is 11.2. The van der Waals surface area contributed by atoms with Crippen LogP contribution >= 0.6 is 12.2 Å². The first-order valence-corrected chi connectivity index (χ1v) is 5.70. The van der Waals surface area contributed by atoms with Crippen molar-refractivity contribution >= 4 is 28.7 Å². The van der Waals surface area contributed by atoms with Gasteiger partial charge in [0.25, 0.3) is 0 Å². The van der Waals surface area contributed by atoms with E-state index in [1.54, 1.807) is 6.07 Å². The Hall–Kier alpha value is -2.29. The molecular weight excluding hydrogens is 291 g/mol. The number of nitrogens with two attached hydrogens (primary N) is 1. The summed E-state index contributed by atoms with van der Waals surface area (Å²) in [6.45, 7) is 0. The number of alkyl halides is 3. The van der Waals surface area contributed by atoms with Gasteiger partial charge in [-0.05, 0) is 18.2 Å². The van der Waals surface area contributed by atoms with E-state index in [1.807, 2.05) is 0 Å². The number of rotatable bonds is 3. The third kappa shape index (κ3) is 3.18. The molecule has 0 aliphatic carbocycles. The largest absolute Gasteiger partial charge is 0.433 e.